The van der Waals surface area contributed by atoms with Crippen molar-refractivity contribution in [3.63, 3.8) is 0 Å². The molecule has 1 aliphatic carbocycles. The number of rotatable bonds is 6. The van der Waals surface area contributed by atoms with E-state index in [-0.39, 0.29) is 17.6 Å². The van der Waals surface area contributed by atoms with E-state index in [1.54, 1.807) is 7.11 Å². The van der Waals surface area contributed by atoms with Gasteiger partial charge in [-0.3, -0.25) is 0 Å². The molecular weight excluding hydrogens is 202 g/mol. The molecule has 2 N–H and O–H groups in total. The van der Waals surface area contributed by atoms with Gasteiger partial charge in [-0.05, 0) is 26.2 Å². The van der Waals surface area contributed by atoms with Crippen LogP contribution in [0, 0.1) is 5.41 Å². The first-order valence-corrected chi connectivity index (χ1v) is 6.33. The summed E-state index contributed by atoms with van der Waals surface area (Å²) in [7, 11) is 1.79. The lowest BCUT2D eigenvalue weighted by molar-refractivity contribution is -0.182. The summed E-state index contributed by atoms with van der Waals surface area (Å²) >= 11 is 0. The molecule has 1 fully saturated rings. The van der Waals surface area contributed by atoms with E-state index in [0.29, 0.717) is 12.1 Å². The zero-order valence-corrected chi connectivity index (χ0v) is 11.3. The van der Waals surface area contributed by atoms with Gasteiger partial charge in [-0.15, -0.1) is 0 Å². The highest BCUT2D eigenvalue weighted by Crippen LogP contribution is 2.51. The van der Waals surface area contributed by atoms with Crippen molar-refractivity contribution in [1.29, 1.82) is 0 Å². The molecule has 3 unspecified atom stereocenters. The van der Waals surface area contributed by atoms with Gasteiger partial charge in [0.25, 0.3) is 0 Å². The fourth-order valence-corrected chi connectivity index (χ4v) is 2.60. The van der Waals surface area contributed by atoms with E-state index < -0.39 is 0 Å². The number of hydrogen-bond donors (Lipinski definition) is 2. The Kier molecular flexibility index (Phi) is 4.38. The smallest absolute Gasteiger partial charge is 0.0731 e. The van der Waals surface area contributed by atoms with Crippen molar-refractivity contribution in [1.82, 2.24) is 5.32 Å². The Morgan fingerprint density at radius 2 is 2.06 bits per heavy atom. The summed E-state index contributed by atoms with van der Waals surface area (Å²) in [6.45, 7) is 9.11. The predicted molar refractivity (Wildman–Crippen MR) is 66.5 cm³/mol. The maximum Gasteiger partial charge on any atom is 0.0731 e. The van der Waals surface area contributed by atoms with Gasteiger partial charge in [0.15, 0.2) is 0 Å². The first-order chi connectivity index (χ1) is 7.41. The van der Waals surface area contributed by atoms with Gasteiger partial charge >= 0.3 is 0 Å². The van der Waals surface area contributed by atoms with Crippen molar-refractivity contribution in [3.05, 3.63) is 0 Å². The molecular formula is C13H27NO2. The molecule has 0 spiro atoms. The van der Waals surface area contributed by atoms with Crippen LogP contribution in [0.5, 0.6) is 0 Å². The van der Waals surface area contributed by atoms with Crippen LogP contribution in [-0.2, 0) is 4.74 Å². The molecule has 0 heterocycles. The van der Waals surface area contributed by atoms with E-state index in [4.69, 9.17) is 9.84 Å². The fraction of sp³-hybridized carbons (Fsp3) is 1.00. The number of aliphatic hydroxyl groups excluding tert-OH is 1. The minimum Gasteiger partial charge on any atom is -0.396 e. The van der Waals surface area contributed by atoms with Gasteiger partial charge in [0.2, 0.25) is 0 Å². The Bertz CT molecular complexity index is 230. The molecule has 1 rings (SSSR count). The third kappa shape index (κ3) is 2.27. The number of hydrogen-bond acceptors (Lipinski definition) is 3. The predicted octanol–water partition coefficient (Wildman–Crippen LogP) is 1.94. The highest BCUT2D eigenvalue weighted by Gasteiger charge is 2.57. The average Bonchev–Trinajstić information content (AvgIpc) is 2.26. The van der Waals surface area contributed by atoms with Crippen molar-refractivity contribution in [2.24, 2.45) is 5.41 Å². The minimum absolute atomic E-state index is 0.0117. The van der Waals surface area contributed by atoms with Crippen molar-refractivity contribution >= 4 is 0 Å². The van der Waals surface area contributed by atoms with Crippen LogP contribution in [0.25, 0.3) is 0 Å². The normalized spacial score (nSPS) is 34.5. The lowest BCUT2D eigenvalue weighted by Gasteiger charge is -2.60. The molecule has 0 aliphatic heterocycles. The molecule has 3 heteroatoms. The van der Waals surface area contributed by atoms with E-state index in [2.05, 4.69) is 33.0 Å². The molecule has 1 saturated carbocycles. The zero-order valence-electron chi connectivity index (χ0n) is 11.3. The lowest BCUT2D eigenvalue weighted by Crippen LogP contribution is -2.69. The van der Waals surface area contributed by atoms with Crippen LogP contribution in [0.3, 0.4) is 0 Å². The van der Waals surface area contributed by atoms with Gasteiger partial charge in [0.05, 0.1) is 5.60 Å². The van der Waals surface area contributed by atoms with Gasteiger partial charge in [0, 0.05) is 31.2 Å². The molecule has 96 valence electrons. The van der Waals surface area contributed by atoms with Crippen LogP contribution in [0.2, 0.25) is 0 Å². The summed E-state index contributed by atoms with van der Waals surface area (Å²) in [5, 5.41) is 12.6. The molecule has 3 nitrogen and oxygen atoms in total. The van der Waals surface area contributed by atoms with Crippen molar-refractivity contribution < 1.29 is 9.84 Å². The van der Waals surface area contributed by atoms with E-state index in [0.717, 1.165) is 19.3 Å². The molecule has 1 aliphatic rings. The van der Waals surface area contributed by atoms with E-state index in [1.807, 2.05) is 0 Å². The SMILES string of the molecule is CCC(CCO)NC1CC(C)(OC)C1(C)C. The highest BCUT2D eigenvalue weighted by molar-refractivity contribution is 5.11. The Morgan fingerprint density at radius 3 is 2.44 bits per heavy atom. The molecule has 0 radical (unpaired) electrons. The van der Waals surface area contributed by atoms with Crippen molar-refractivity contribution in [3.8, 4) is 0 Å². The monoisotopic (exact) mass is 229 g/mol. The molecule has 3 atom stereocenters. The maximum absolute atomic E-state index is 8.99. The molecule has 0 saturated heterocycles. The summed E-state index contributed by atoms with van der Waals surface area (Å²) in [6, 6.07) is 0.921. The lowest BCUT2D eigenvalue weighted by atomic mass is 9.55. The number of nitrogens with one attached hydrogen (secondary N) is 1. The highest BCUT2D eigenvalue weighted by atomic mass is 16.5. The molecule has 0 amide bonds. The third-order valence-corrected chi connectivity index (χ3v) is 4.69. The summed E-state index contributed by atoms with van der Waals surface area (Å²) in [4.78, 5) is 0. The first-order valence-electron chi connectivity index (χ1n) is 6.33. The second-order valence-electron chi connectivity index (χ2n) is 5.70. The minimum atomic E-state index is -0.0117. The topological polar surface area (TPSA) is 41.5 Å². The Morgan fingerprint density at radius 1 is 1.44 bits per heavy atom. The molecule has 0 bridgehead atoms. The van der Waals surface area contributed by atoms with Crippen LogP contribution >= 0.6 is 0 Å². The van der Waals surface area contributed by atoms with Gasteiger partial charge < -0.3 is 15.2 Å². The van der Waals surface area contributed by atoms with Gasteiger partial charge in [-0.1, -0.05) is 20.8 Å². The molecule has 16 heavy (non-hydrogen) atoms. The number of aliphatic hydroxyl groups is 1. The third-order valence-electron chi connectivity index (χ3n) is 4.69. The second-order valence-corrected chi connectivity index (χ2v) is 5.70. The van der Waals surface area contributed by atoms with Crippen LogP contribution in [0.15, 0.2) is 0 Å². The van der Waals surface area contributed by atoms with E-state index in [9.17, 15) is 0 Å². The maximum atomic E-state index is 8.99. The largest absolute Gasteiger partial charge is 0.396 e. The summed E-state index contributed by atoms with van der Waals surface area (Å²) < 4.78 is 5.60. The van der Waals surface area contributed by atoms with Gasteiger partial charge in [-0.2, -0.15) is 0 Å². The number of ether oxygens (including phenoxy) is 1. The number of methoxy groups -OCH3 is 1. The molecule has 0 aromatic heterocycles. The van der Waals surface area contributed by atoms with E-state index >= 15 is 0 Å². The fourth-order valence-electron chi connectivity index (χ4n) is 2.60. The van der Waals surface area contributed by atoms with Crippen LogP contribution in [0.4, 0.5) is 0 Å². The van der Waals surface area contributed by atoms with E-state index in [1.165, 1.54) is 0 Å². The first kappa shape index (κ1) is 13.9. The summed E-state index contributed by atoms with van der Waals surface area (Å²) in [6.07, 6.45) is 2.96. The molecule has 0 aromatic rings. The van der Waals surface area contributed by atoms with Gasteiger partial charge in [0.1, 0.15) is 0 Å². The van der Waals surface area contributed by atoms with Gasteiger partial charge in [-0.25, -0.2) is 0 Å². The zero-order chi connectivity index (χ0) is 12.4. The Labute approximate surface area is 99.6 Å². The summed E-state index contributed by atoms with van der Waals surface area (Å²) in [5.41, 5.74) is 0.146. The van der Waals surface area contributed by atoms with Crippen LogP contribution in [-0.4, -0.2) is 36.5 Å². The van der Waals surface area contributed by atoms with Crippen molar-refractivity contribution in [2.75, 3.05) is 13.7 Å². The molecule has 0 aromatic carbocycles. The standard InChI is InChI=1S/C13H27NO2/c1-6-10(7-8-15)14-11-9-13(4,16-5)12(11,2)3/h10-11,14-15H,6-9H2,1-5H3. The Hall–Kier alpha value is -0.120. The quantitative estimate of drug-likeness (QED) is 0.731. The second kappa shape index (κ2) is 5.03. The Balaban J connectivity index is 2.53. The van der Waals surface area contributed by atoms with Crippen LogP contribution in [0.1, 0.15) is 47.0 Å². The summed E-state index contributed by atoms with van der Waals surface area (Å²) in [5.74, 6) is 0. The van der Waals surface area contributed by atoms with Crippen LogP contribution < -0.4 is 5.32 Å². The van der Waals surface area contributed by atoms with Crippen molar-refractivity contribution in [2.45, 2.75) is 64.6 Å². The average molecular weight is 229 g/mol.